The Morgan fingerprint density at radius 2 is 1.63 bits per heavy atom. The van der Waals surface area contributed by atoms with E-state index >= 15 is 0 Å². The summed E-state index contributed by atoms with van der Waals surface area (Å²) in [6, 6.07) is 12.7. The van der Waals surface area contributed by atoms with Gasteiger partial charge < -0.3 is 0 Å². The molecule has 5 heteroatoms. The van der Waals surface area contributed by atoms with Crippen LogP contribution in [0, 0.1) is 0 Å². The molecule has 19 heavy (non-hydrogen) atoms. The van der Waals surface area contributed by atoms with Gasteiger partial charge in [-0.3, -0.25) is 4.99 Å². The molecule has 2 rings (SSSR count). The molecule has 0 saturated heterocycles. The van der Waals surface area contributed by atoms with Gasteiger partial charge in [-0.2, -0.15) is 13.2 Å². The molecule has 0 bridgehead atoms. The predicted molar refractivity (Wildman–Crippen MR) is 70.2 cm³/mol. The van der Waals surface area contributed by atoms with Gasteiger partial charge in [0.25, 0.3) is 0 Å². The average Bonchev–Trinajstić information content (AvgIpc) is 2.37. The van der Waals surface area contributed by atoms with Gasteiger partial charge in [0.15, 0.2) is 0 Å². The van der Waals surface area contributed by atoms with Crippen molar-refractivity contribution in [3.63, 3.8) is 0 Å². The maximum Gasteiger partial charge on any atom is 0.417 e. The largest absolute Gasteiger partial charge is 0.417 e. The Morgan fingerprint density at radius 1 is 0.947 bits per heavy atom. The monoisotopic (exact) mass is 283 g/mol. The fourth-order valence-electron chi connectivity index (χ4n) is 1.53. The van der Waals surface area contributed by atoms with Gasteiger partial charge in [0.2, 0.25) is 0 Å². The predicted octanol–water partition coefficient (Wildman–Crippen LogP) is 5.11. The Labute approximate surface area is 113 Å². The zero-order valence-corrected chi connectivity index (χ0v) is 10.4. The molecule has 0 aliphatic rings. The standard InChI is InChI=1S/C14H9ClF3N/c15-13-10(5-4-8-12(13)14(16,17)18)9-19-11-6-2-1-3-7-11/h1-9H. The highest BCUT2D eigenvalue weighted by Gasteiger charge is 2.33. The molecule has 98 valence electrons. The molecule has 0 fully saturated rings. The molecule has 2 aromatic carbocycles. The lowest BCUT2D eigenvalue weighted by atomic mass is 10.1. The Balaban J connectivity index is 2.34. The van der Waals surface area contributed by atoms with Gasteiger partial charge in [0.1, 0.15) is 0 Å². The molecule has 0 aliphatic heterocycles. The van der Waals surface area contributed by atoms with Gasteiger partial charge in [0.05, 0.1) is 16.3 Å². The number of hydrogen-bond acceptors (Lipinski definition) is 1. The number of benzene rings is 2. The number of rotatable bonds is 2. The minimum atomic E-state index is -4.46. The summed E-state index contributed by atoms with van der Waals surface area (Å²) in [7, 11) is 0. The molecule has 0 atom stereocenters. The van der Waals surface area contributed by atoms with Crippen LogP contribution in [-0.2, 0) is 6.18 Å². The molecule has 0 saturated carbocycles. The van der Waals surface area contributed by atoms with E-state index in [0.29, 0.717) is 5.69 Å². The lowest BCUT2D eigenvalue weighted by Crippen LogP contribution is -2.06. The second-order valence-corrected chi connectivity index (χ2v) is 4.18. The van der Waals surface area contributed by atoms with Crippen molar-refractivity contribution >= 4 is 23.5 Å². The number of nitrogens with zero attached hydrogens (tertiary/aromatic N) is 1. The maximum absolute atomic E-state index is 12.7. The molecule has 0 radical (unpaired) electrons. The van der Waals surface area contributed by atoms with E-state index in [1.54, 1.807) is 24.3 Å². The van der Waals surface area contributed by atoms with Crippen LogP contribution in [0.2, 0.25) is 5.02 Å². The van der Waals surface area contributed by atoms with E-state index in [2.05, 4.69) is 4.99 Å². The summed E-state index contributed by atoms with van der Waals surface area (Å²) < 4.78 is 38.0. The summed E-state index contributed by atoms with van der Waals surface area (Å²) in [4.78, 5) is 4.08. The Hall–Kier alpha value is -1.81. The minimum Gasteiger partial charge on any atom is -0.256 e. The zero-order chi connectivity index (χ0) is 13.9. The summed E-state index contributed by atoms with van der Waals surface area (Å²) in [6.07, 6.45) is -3.14. The highest BCUT2D eigenvalue weighted by molar-refractivity contribution is 6.34. The molecule has 0 aliphatic carbocycles. The first-order valence-corrected chi connectivity index (χ1v) is 5.81. The van der Waals surface area contributed by atoms with Crippen molar-refractivity contribution in [2.75, 3.05) is 0 Å². The Bertz CT molecular complexity index is 591. The molecule has 0 amide bonds. The topological polar surface area (TPSA) is 12.4 Å². The molecular weight excluding hydrogens is 275 g/mol. The van der Waals surface area contributed by atoms with Crippen LogP contribution in [0.3, 0.4) is 0 Å². The van der Waals surface area contributed by atoms with Crippen LogP contribution >= 0.6 is 11.6 Å². The lowest BCUT2D eigenvalue weighted by Gasteiger charge is -2.09. The van der Waals surface area contributed by atoms with Crippen molar-refractivity contribution in [1.82, 2.24) is 0 Å². The van der Waals surface area contributed by atoms with E-state index in [-0.39, 0.29) is 10.6 Å². The van der Waals surface area contributed by atoms with Gasteiger partial charge >= 0.3 is 6.18 Å². The van der Waals surface area contributed by atoms with Crippen molar-refractivity contribution < 1.29 is 13.2 Å². The number of alkyl halides is 3. The van der Waals surface area contributed by atoms with Gasteiger partial charge in [0, 0.05) is 11.8 Å². The number of hydrogen-bond donors (Lipinski definition) is 0. The Morgan fingerprint density at radius 3 is 2.26 bits per heavy atom. The van der Waals surface area contributed by atoms with E-state index in [1.165, 1.54) is 18.3 Å². The van der Waals surface area contributed by atoms with Crippen LogP contribution in [0.1, 0.15) is 11.1 Å². The van der Waals surface area contributed by atoms with Gasteiger partial charge in [-0.15, -0.1) is 0 Å². The number of halogens is 4. The van der Waals surface area contributed by atoms with E-state index in [0.717, 1.165) is 6.07 Å². The molecule has 2 aromatic rings. The highest BCUT2D eigenvalue weighted by Crippen LogP contribution is 2.35. The third-order valence-electron chi connectivity index (χ3n) is 2.44. The van der Waals surface area contributed by atoms with Crippen LogP contribution in [-0.4, -0.2) is 6.21 Å². The van der Waals surface area contributed by atoms with Crippen LogP contribution in [0.25, 0.3) is 0 Å². The van der Waals surface area contributed by atoms with Crippen molar-refractivity contribution in [2.24, 2.45) is 4.99 Å². The third kappa shape index (κ3) is 3.35. The number of para-hydroxylation sites is 1. The summed E-state index contributed by atoms with van der Waals surface area (Å²) in [5.41, 5.74) is 0.0301. The van der Waals surface area contributed by atoms with Crippen LogP contribution in [0.5, 0.6) is 0 Å². The van der Waals surface area contributed by atoms with Crippen molar-refractivity contribution in [1.29, 1.82) is 0 Å². The molecule has 1 nitrogen and oxygen atoms in total. The number of aliphatic imine (C=N–C) groups is 1. The SMILES string of the molecule is FC(F)(F)c1cccc(C=Nc2ccccc2)c1Cl. The maximum atomic E-state index is 12.7. The second-order valence-electron chi connectivity index (χ2n) is 3.80. The fraction of sp³-hybridized carbons (Fsp3) is 0.0714. The van der Waals surface area contributed by atoms with E-state index < -0.39 is 11.7 Å². The fourth-order valence-corrected chi connectivity index (χ4v) is 1.81. The quantitative estimate of drug-likeness (QED) is 0.679. The van der Waals surface area contributed by atoms with Crippen molar-refractivity contribution in [3.8, 4) is 0 Å². The molecule has 0 aromatic heterocycles. The van der Waals surface area contributed by atoms with Crippen LogP contribution < -0.4 is 0 Å². The van der Waals surface area contributed by atoms with Crippen LogP contribution in [0.15, 0.2) is 53.5 Å². The first-order chi connectivity index (χ1) is 8.98. The Kier molecular flexibility index (Phi) is 3.90. The van der Waals surface area contributed by atoms with Gasteiger partial charge in [-0.05, 0) is 18.2 Å². The van der Waals surface area contributed by atoms with Gasteiger partial charge in [-0.25, -0.2) is 0 Å². The smallest absolute Gasteiger partial charge is 0.256 e. The summed E-state index contributed by atoms with van der Waals surface area (Å²) >= 11 is 5.75. The third-order valence-corrected chi connectivity index (χ3v) is 2.86. The molecule has 0 N–H and O–H groups in total. The molecular formula is C14H9ClF3N. The summed E-state index contributed by atoms with van der Waals surface area (Å²) in [5, 5.41) is -0.338. The highest BCUT2D eigenvalue weighted by atomic mass is 35.5. The van der Waals surface area contributed by atoms with E-state index in [1.807, 2.05) is 6.07 Å². The first kappa shape index (κ1) is 13.6. The summed E-state index contributed by atoms with van der Waals surface area (Å²) in [6.45, 7) is 0. The molecule has 0 unspecified atom stereocenters. The normalized spacial score (nSPS) is 12.0. The molecule has 0 spiro atoms. The van der Waals surface area contributed by atoms with Gasteiger partial charge in [-0.1, -0.05) is 41.9 Å². The first-order valence-electron chi connectivity index (χ1n) is 5.43. The minimum absolute atomic E-state index is 0.236. The summed E-state index contributed by atoms with van der Waals surface area (Å²) in [5.74, 6) is 0. The van der Waals surface area contributed by atoms with Crippen molar-refractivity contribution in [3.05, 3.63) is 64.7 Å². The van der Waals surface area contributed by atoms with Crippen LogP contribution in [0.4, 0.5) is 18.9 Å². The van der Waals surface area contributed by atoms with E-state index in [9.17, 15) is 13.2 Å². The second kappa shape index (κ2) is 5.45. The van der Waals surface area contributed by atoms with E-state index in [4.69, 9.17) is 11.6 Å². The lowest BCUT2D eigenvalue weighted by molar-refractivity contribution is -0.137. The average molecular weight is 284 g/mol. The zero-order valence-electron chi connectivity index (χ0n) is 9.66. The molecule has 0 heterocycles. The van der Waals surface area contributed by atoms with Crippen molar-refractivity contribution in [2.45, 2.75) is 6.18 Å².